The third-order valence-corrected chi connectivity index (χ3v) is 4.69. The molecule has 0 saturated heterocycles. The first kappa shape index (κ1) is 19.6. The lowest BCUT2D eigenvalue weighted by atomic mass is 9.98. The van der Waals surface area contributed by atoms with Gasteiger partial charge in [-0.3, -0.25) is 14.8 Å². The number of carbonyl (C=O) groups is 1. The molecule has 150 valence electrons. The minimum absolute atomic E-state index is 0.261. The molecule has 4 rings (SSSR count). The van der Waals surface area contributed by atoms with E-state index in [1.807, 2.05) is 6.07 Å². The van der Waals surface area contributed by atoms with Gasteiger partial charge in [0.2, 0.25) is 0 Å². The fourth-order valence-corrected chi connectivity index (χ4v) is 3.26. The van der Waals surface area contributed by atoms with E-state index in [-0.39, 0.29) is 5.69 Å². The number of benzene rings is 2. The van der Waals surface area contributed by atoms with Crippen molar-refractivity contribution in [3.05, 3.63) is 108 Å². The summed E-state index contributed by atoms with van der Waals surface area (Å²) in [5.74, 6) is -0.518. The Morgan fingerprint density at radius 3 is 2.37 bits per heavy atom. The zero-order valence-corrected chi connectivity index (χ0v) is 15.6. The zero-order chi connectivity index (χ0) is 21.1. The Bertz CT molecular complexity index is 1190. The molecule has 0 saturated carbocycles. The number of rotatable bonds is 4. The normalized spacial score (nSPS) is 12.5. The number of nitrogens with one attached hydrogen (secondary N) is 1. The molecule has 2 aromatic carbocycles. The van der Waals surface area contributed by atoms with Crippen molar-refractivity contribution in [2.24, 2.45) is 0 Å². The van der Waals surface area contributed by atoms with Crippen molar-refractivity contribution >= 4 is 16.8 Å². The van der Waals surface area contributed by atoms with Gasteiger partial charge in [0, 0.05) is 23.3 Å². The Balaban J connectivity index is 1.75. The van der Waals surface area contributed by atoms with Gasteiger partial charge < -0.3 is 5.32 Å². The molecule has 4 nitrogen and oxygen atoms in total. The lowest BCUT2D eigenvalue weighted by molar-refractivity contribution is -0.138. The van der Waals surface area contributed by atoms with Gasteiger partial charge in [0.25, 0.3) is 5.91 Å². The SMILES string of the molecule is O=C(N[C@@H](c1ccccc1)c1ncccc1C(F)(F)F)c1ccc2cccnc2c1. The van der Waals surface area contributed by atoms with E-state index in [9.17, 15) is 18.0 Å². The first-order chi connectivity index (χ1) is 14.4. The van der Waals surface area contributed by atoms with Crippen LogP contribution in [0.4, 0.5) is 13.2 Å². The number of amides is 1. The van der Waals surface area contributed by atoms with Crippen molar-refractivity contribution in [2.75, 3.05) is 0 Å². The topological polar surface area (TPSA) is 54.9 Å². The highest BCUT2D eigenvalue weighted by atomic mass is 19.4. The van der Waals surface area contributed by atoms with E-state index in [0.29, 0.717) is 16.6 Å². The number of carbonyl (C=O) groups excluding carboxylic acids is 1. The molecule has 30 heavy (non-hydrogen) atoms. The van der Waals surface area contributed by atoms with E-state index in [1.54, 1.807) is 60.8 Å². The molecule has 0 bridgehead atoms. The Hall–Kier alpha value is -3.74. The van der Waals surface area contributed by atoms with Crippen LogP contribution >= 0.6 is 0 Å². The third kappa shape index (κ3) is 4.00. The second kappa shape index (κ2) is 7.94. The molecule has 0 aliphatic rings. The van der Waals surface area contributed by atoms with E-state index >= 15 is 0 Å². The molecule has 4 aromatic rings. The highest BCUT2D eigenvalue weighted by Gasteiger charge is 2.37. The van der Waals surface area contributed by atoms with Crippen LogP contribution in [0, 0.1) is 0 Å². The van der Waals surface area contributed by atoms with Crippen molar-refractivity contribution in [3.8, 4) is 0 Å². The number of halogens is 3. The molecule has 1 N–H and O–H groups in total. The molecule has 1 amide bonds. The average molecular weight is 407 g/mol. The minimum Gasteiger partial charge on any atom is -0.340 e. The van der Waals surface area contributed by atoms with Crippen LogP contribution in [0.1, 0.15) is 33.2 Å². The van der Waals surface area contributed by atoms with Gasteiger partial charge in [-0.2, -0.15) is 13.2 Å². The van der Waals surface area contributed by atoms with E-state index in [4.69, 9.17) is 0 Å². The smallest absolute Gasteiger partial charge is 0.340 e. The molecule has 0 fully saturated rings. The van der Waals surface area contributed by atoms with Gasteiger partial charge in [-0.05, 0) is 35.9 Å². The summed E-state index contributed by atoms with van der Waals surface area (Å²) in [6, 6.07) is 18.2. The fourth-order valence-electron chi connectivity index (χ4n) is 3.26. The summed E-state index contributed by atoms with van der Waals surface area (Å²) < 4.78 is 40.8. The van der Waals surface area contributed by atoms with E-state index in [0.717, 1.165) is 11.5 Å². The van der Waals surface area contributed by atoms with E-state index in [1.165, 1.54) is 12.3 Å². The molecule has 0 spiro atoms. The standard InChI is InChI=1S/C23H16F3N3O/c24-23(25,26)18-9-5-13-28-21(18)20(16-6-2-1-3-7-16)29-22(30)17-11-10-15-8-4-12-27-19(15)14-17/h1-14,20H,(H,29,30)/t20-/m0/s1. The quantitative estimate of drug-likeness (QED) is 0.508. The van der Waals surface area contributed by atoms with Crippen LogP contribution in [-0.4, -0.2) is 15.9 Å². The largest absolute Gasteiger partial charge is 0.418 e. The molecular formula is C23H16F3N3O. The minimum atomic E-state index is -4.60. The molecule has 1 atom stereocenters. The van der Waals surface area contributed by atoms with Gasteiger partial charge in [-0.1, -0.05) is 42.5 Å². The summed E-state index contributed by atoms with van der Waals surface area (Å²) in [5, 5.41) is 3.57. The Morgan fingerprint density at radius 2 is 1.60 bits per heavy atom. The highest BCUT2D eigenvalue weighted by Crippen LogP contribution is 2.35. The van der Waals surface area contributed by atoms with Gasteiger partial charge in [-0.25, -0.2) is 0 Å². The number of fused-ring (bicyclic) bond motifs is 1. The van der Waals surface area contributed by atoms with E-state index in [2.05, 4.69) is 15.3 Å². The maximum absolute atomic E-state index is 13.6. The number of hydrogen-bond donors (Lipinski definition) is 1. The molecule has 0 radical (unpaired) electrons. The van der Waals surface area contributed by atoms with Crippen LogP contribution in [0.3, 0.4) is 0 Å². The number of nitrogens with zero attached hydrogens (tertiary/aromatic N) is 2. The summed E-state index contributed by atoms with van der Waals surface area (Å²) in [7, 11) is 0. The van der Waals surface area contributed by atoms with Crippen LogP contribution < -0.4 is 5.32 Å². The predicted octanol–water partition coefficient (Wildman–Crippen LogP) is 5.17. The van der Waals surface area contributed by atoms with Crippen molar-refractivity contribution in [1.29, 1.82) is 0 Å². The lowest BCUT2D eigenvalue weighted by Crippen LogP contribution is -2.31. The Morgan fingerprint density at radius 1 is 0.867 bits per heavy atom. The van der Waals surface area contributed by atoms with Gasteiger partial charge in [0.1, 0.15) is 0 Å². The fraction of sp³-hybridized carbons (Fsp3) is 0.0870. The van der Waals surface area contributed by atoms with Crippen LogP contribution in [0.2, 0.25) is 0 Å². The summed E-state index contributed by atoms with van der Waals surface area (Å²) >= 11 is 0. The van der Waals surface area contributed by atoms with E-state index < -0.39 is 23.7 Å². The maximum Gasteiger partial charge on any atom is 0.418 e. The molecule has 0 aliphatic carbocycles. The molecule has 0 aliphatic heterocycles. The number of hydrogen-bond acceptors (Lipinski definition) is 3. The lowest BCUT2D eigenvalue weighted by Gasteiger charge is -2.22. The van der Waals surface area contributed by atoms with Crippen molar-refractivity contribution in [3.63, 3.8) is 0 Å². The van der Waals surface area contributed by atoms with Gasteiger partial charge in [-0.15, -0.1) is 0 Å². The molecular weight excluding hydrogens is 391 g/mol. The molecule has 2 heterocycles. The summed E-state index contributed by atoms with van der Waals surface area (Å²) in [6.45, 7) is 0. The first-order valence-corrected chi connectivity index (χ1v) is 9.16. The average Bonchev–Trinajstić information content (AvgIpc) is 2.77. The van der Waals surface area contributed by atoms with Crippen molar-refractivity contribution in [1.82, 2.24) is 15.3 Å². The monoisotopic (exact) mass is 407 g/mol. The molecule has 0 unspecified atom stereocenters. The first-order valence-electron chi connectivity index (χ1n) is 9.16. The van der Waals surface area contributed by atoms with Crippen molar-refractivity contribution < 1.29 is 18.0 Å². The van der Waals surface area contributed by atoms with Gasteiger partial charge >= 0.3 is 6.18 Å². The molecule has 2 aromatic heterocycles. The summed E-state index contributed by atoms with van der Waals surface area (Å²) in [4.78, 5) is 21.2. The summed E-state index contributed by atoms with van der Waals surface area (Å²) in [6.07, 6.45) is -1.71. The molecule has 7 heteroatoms. The predicted molar refractivity (Wildman–Crippen MR) is 107 cm³/mol. The van der Waals surface area contributed by atoms with Gasteiger partial charge in [0.15, 0.2) is 0 Å². The maximum atomic E-state index is 13.6. The van der Waals surface area contributed by atoms with Crippen LogP contribution in [0.15, 0.2) is 85.2 Å². The van der Waals surface area contributed by atoms with Gasteiger partial charge in [0.05, 0.1) is 22.8 Å². The second-order valence-corrected chi connectivity index (χ2v) is 6.66. The number of alkyl halides is 3. The Labute approximate surface area is 170 Å². The van der Waals surface area contributed by atoms with Crippen molar-refractivity contribution in [2.45, 2.75) is 12.2 Å². The highest BCUT2D eigenvalue weighted by molar-refractivity contribution is 5.98. The zero-order valence-electron chi connectivity index (χ0n) is 15.6. The van der Waals surface area contributed by atoms with Crippen LogP contribution in [0.25, 0.3) is 10.9 Å². The summed E-state index contributed by atoms with van der Waals surface area (Å²) in [5.41, 5.74) is 0.263. The third-order valence-electron chi connectivity index (χ3n) is 4.69. The number of aromatic nitrogens is 2. The van der Waals surface area contributed by atoms with Crippen LogP contribution in [0.5, 0.6) is 0 Å². The second-order valence-electron chi connectivity index (χ2n) is 6.66. The Kier molecular flexibility index (Phi) is 5.18. The number of pyridine rings is 2. The van der Waals surface area contributed by atoms with Crippen LogP contribution in [-0.2, 0) is 6.18 Å².